The second kappa shape index (κ2) is 16.6. The zero-order valence-electron chi connectivity index (χ0n) is 28.4. The minimum Gasteiger partial charge on any atom is -0.361 e. The first-order valence-electron chi connectivity index (χ1n) is 17.0. The molecule has 0 radical (unpaired) electrons. The summed E-state index contributed by atoms with van der Waals surface area (Å²) in [6.07, 6.45) is 6.97. The zero-order valence-corrected chi connectivity index (χ0v) is 29.1. The van der Waals surface area contributed by atoms with Crippen molar-refractivity contribution in [2.24, 2.45) is 17.8 Å². The molecule has 3 N–H and O–H groups in total. The Hall–Kier alpha value is -4.70. The summed E-state index contributed by atoms with van der Waals surface area (Å²) < 4.78 is 0. The summed E-state index contributed by atoms with van der Waals surface area (Å²) in [4.78, 5) is 62.9. The highest BCUT2D eigenvalue weighted by atomic mass is 35.5. The van der Waals surface area contributed by atoms with Gasteiger partial charge in [-0.25, -0.2) is 0 Å². The van der Waals surface area contributed by atoms with Gasteiger partial charge in [-0.15, -0.1) is 0 Å². The van der Waals surface area contributed by atoms with Crippen LogP contribution in [0.1, 0.15) is 47.4 Å². The van der Waals surface area contributed by atoms with Crippen molar-refractivity contribution in [2.45, 2.75) is 39.5 Å². The van der Waals surface area contributed by atoms with E-state index in [2.05, 4.69) is 57.9 Å². The maximum Gasteiger partial charge on any atom is 0.272 e. The SMILES string of the molecule is CCCc1ccccc1.CCc1ccc(C(=O)N2CC3CN(C(=O)Cc4c[nH]c5cc(Cl)ccc45)CC(C(=O)NCC(=O)NC)C3C2)nc1. The lowest BCUT2D eigenvalue weighted by molar-refractivity contribution is -0.139. The molecular formula is C38H45ClN6O4. The summed E-state index contributed by atoms with van der Waals surface area (Å²) in [6, 6.07) is 19.7. The van der Waals surface area contributed by atoms with Crippen molar-refractivity contribution < 1.29 is 19.2 Å². The maximum atomic E-state index is 13.5. The molecule has 2 aliphatic rings. The number of carbonyl (C=O) groups excluding carboxylic acids is 4. The number of piperidine rings is 1. The molecule has 11 heteroatoms. The molecule has 2 aliphatic heterocycles. The number of aromatic nitrogens is 2. The van der Waals surface area contributed by atoms with Gasteiger partial charge in [0.25, 0.3) is 5.91 Å². The van der Waals surface area contributed by atoms with Crippen LogP contribution in [0.15, 0.2) is 73.1 Å². The average Bonchev–Trinajstić information content (AvgIpc) is 3.74. The van der Waals surface area contributed by atoms with Gasteiger partial charge in [-0.05, 0) is 59.6 Å². The van der Waals surface area contributed by atoms with Gasteiger partial charge in [-0.3, -0.25) is 24.2 Å². The number of amides is 4. The molecule has 3 unspecified atom stereocenters. The number of hydrogen-bond acceptors (Lipinski definition) is 5. The van der Waals surface area contributed by atoms with Crippen LogP contribution in [-0.2, 0) is 33.6 Å². The standard InChI is InChI=1S/C29H33ClN6O4.C9H12/c1-3-17-4-7-24(32-10-17)29(40)36-14-19-13-35(16-23(22(19)15-36)28(39)34-12-26(37)31-2)27(38)8-18-11-33-25-9-20(30)5-6-21(18)25;1-2-6-9-7-4-3-5-8-9/h4-7,9-11,19,22-23,33H,3,8,12-16H2,1-2H3,(H,31,37)(H,34,39);3-5,7-8H,2,6H2,1H3. The Bertz CT molecular complexity index is 1760. The topological polar surface area (TPSA) is 128 Å². The zero-order chi connectivity index (χ0) is 34.9. The largest absolute Gasteiger partial charge is 0.361 e. The van der Waals surface area contributed by atoms with Gasteiger partial charge < -0.3 is 25.4 Å². The van der Waals surface area contributed by atoms with Crippen LogP contribution in [0, 0.1) is 17.8 Å². The van der Waals surface area contributed by atoms with Gasteiger partial charge in [0.1, 0.15) is 5.69 Å². The smallest absolute Gasteiger partial charge is 0.272 e. The fourth-order valence-corrected chi connectivity index (χ4v) is 6.92. The van der Waals surface area contributed by atoms with E-state index in [0.717, 1.165) is 28.5 Å². The summed E-state index contributed by atoms with van der Waals surface area (Å²) in [7, 11) is 1.51. The van der Waals surface area contributed by atoms with Gasteiger partial charge in [0.15, 0.2) is 0 Å². The number of likely N-dealkylation sites (tertiary alicyclic amines) is 2. The molecule has 10 nitrogen and oxygen atoms in total. The van der Waals surface area contributed by atoms with Gasteiger partial charge >= 0.3 is 0 Å². The molecule has 4 amide bonds. The van der Waals surface area contributed by atoms with Crippen LogP contribution in [0.4, 0.5) is 0 Å². The molecule has 6 rings (SSSR count). The third-order valence-electron chi connectivity index (χ3n) is 9.46. The quantitative estimate of drug-likeness (QED) is 0.236. The first-order valence-corrected chi connectivity index (χ1v) is 17.4. The number of likely N-dealkylation sites (N-methyl/N-ethyl adjacent to an activating group) is 1. The molecule has 4 aromatic rings. The van der Waals surface area contributed by atoms with Crippen LogP contribution in [0.25, 0.3) is 10.9 Å². The van der Waals surface area contributed by atoms with E-state index in [1.54, 1.807) is 28.1 Å². The molecule has 49 heavy (non-hydrogen) atoms. The molecular weight excluding hydrogens is 640 g/mol. The van der Waals surface area contributed by atoms with E-state index in [1.807, 2.05) is 31.3 Å². The Morgan fingerprint density at radius 3 is 2.41 bits per heavy atom. The second-order valence-corrected chi connectivity index (χ2v) is 13.2. The number of aryl methyl sites for hydroxylation is 2. The first-order chi connectivity index (χ1) is 23.7. The summed E-state index contributed by atoms with van der Waals surface area (Å²) in [5, 5.41) is 6.75. The number of hydrogen-bond donors (Lipinski definition) is 3. The minimum atomic E-state index is -0.553. The number of nitrogens with zero attached hydrogens (tertiary/aromatic N) is 3. The van der Waals surface area contributed by atoms with E-state index in [-0.39, 0.29) is 55.0 Å². The van der Waals surface area contributed by atoms with Crippen LogP contribution in [0.5, 0.6) is 0 Å². The monoisotopic (exact) mass is 684 g/mol. The van der Waals surface area contributed by atoms with Crippen LogP contribution >= 0.6 is 11.6 Å². The number of carbonyl (C=O) groups is 4. The van der Waals surface area contributed by atoms with E-state index in [0.29, 0.717) is 30.4 Å². The number of benzene rings is 2. The van der Waals surface area contributed by atoms with E-state index >= 15 is 0 Å². The van der Waals surface area contributed by atoms with Gasteiger partial charge in [0.2, 0.25) is 17.7 Å². The van der Waals surface area contributed by atoms with E-state index in [1.165, 1.54) is 25.5 Å². The number of nitrogens with one attached hydrogen (secondary N) is 3. The molecule has 2 aromatic carbocycles. The van der Waals surface area contributed by atoms with Crippen molar-refractivity contribution >= 4 is 46.1 Å². The summed E-state index contributed by atoms with van der Waals surface area (Å²) in [5.74, 6) is -1.65. The minimum absolute atomic E-state index is 0.0749. The lowest BCUT2D eigenvalue weighted by Crippen LogP contribution is -2.54. The fraction of sp³-hybridized carbons (Fsp3) is 0.395. The van der Waals surface area contributed by atoms with E-state index < -0.39 is 5.92 Å². The third-order valence-corrected chi connectivity index (χ3v) is 9.70. The van der Waals surface area contributed by atoms with Crippen molar-refractivity contribution in [3.63, 3.8) is 0 Å². The normalized spacial score (nSPS) is 18.3. The predicted octanol–water partition coefficient (Wildman–Crippen LogP) is 4.67. The molecule has 0 saturated carbocycles. The Balaban J connectivity index is 0.000000452. The van der Waals surface area contributed by atoms with Crippen molar-refractivity contribution in [3.05, 3.63) is 100 Å². The predicted molar refractivity (Wildman–Crippen MR) is 191 cm³/mol. The Morgan fingerprint density at radius 1 is 0.939 bits per heavy atom. The van der Waals surface area contributed by atoms with Crippen molar-refractivity contribution in [3.8, 4) is 0 Å². The average molecular weight is 685 g/mol. The summed E-state index contributed by atoms with van der Waals surface area (Å²) in [6.45, 7) is 5.57. The lowest BCUT2D eigenvalue weighted by Gasteiger charge is -2.39. The molecule has 2 saturated heterocycles. The summed E-state index contributed by atoms with van der Waals surface area (Å²) in [5.41, 5.74) is 4.56. The Labute approximate surface area is 292 Å². The molecule has 0 bridgehead atoms. The molecule has 2 aromatic heterocycles. The second-order valence-electron chi connectivity index (χ2n) is 12.8. The number of H-pyrrole nitrogens is 1. The molecule has 4 heterocycles. The van der Waals surface area contributed by atoms with E-state index in [9.17, 15) is 19.2 Å². The number of halogens is 1. The van der Waals surface area contributed by atoms with Gasteiger partial charge in [0, 0.05) is 61.5 Å². The number of aromatic amines is 1. The molecule has 0 aliphatic carbocycles. The Morgan fingerprint density at radius 2 is 1.71 bits per heavy atom. The van der Waals surface area contributed by atoms with Gasteiger partial charge in [0.05, 0.1) is 18.9 Å². The van der Waals surface area contributed by atoms with Crippen LogP contribution < -0.4 is 10.6 Å². The van der Waals surface area contributed by atoms with Crippen LogP contribution in [0.3, 0.4) is 0 Å². The van der Waals surface area contributed by atoms with Crippen molar-refractivity contribution in [1.82, 2.24) is 30.4 Å². The summed E-state index contributed by atoms with van der Waals surface area (Å²) >= 11 is 6.10. The number of fused-ring (bicyclic) bond motifs is 2. The fourth-order valence-electron chi connectivity index (χ4n) is 6.74. The third kappa shape index (κ3) is 8.86. The molecule has 258 valence electrons. The van der Waals surface area contributed by atoms with Crippen molar-refractivity contribution in [1.29, 1.82) is 0 Å². The van der Waals surface area contributed by atoms with Crippen LogP contribution in [0.2, 0.25) is 5.02 Å². The first kappa shape index (κ1) is 35.6. The highest BCUT2D eigenvalue weighted by Gasteiger charge is 2.48. The lowest BCUT2D eigenvalue weighted by atomic mass is 9.79. The highest BCUT2D eigenvalue weighted by Crippen LogP contribution is 2.36. The van der Waals surface area contributed by atoms with Crippen molar-refractivity contribution in [2.75, 3.05) is 39.8 Å². The van der Waals surface area contributed by atoms with E-state index in [4.69, 9.17) is 11.6 Å². The van der Waals surface area contributed by atoms with Crippen LogP contribution in [-0.4, -0.2) is 83.2 Å². The van der Waals surface area contributed by atoms with Gasteiger partial charge in [-0.1, -0.05) is 74.3 Å². The Kier molecular flexibility index (Phi) is 12.1. The maximum absolute atomic E-state index is 13.5. The number of rotatable bonds is 9. The molecule has 2 fully saturated rings. The highest BCUT2D eigenvalue weighted by molar-refractivity contribution is 6.31. The molecule has 0 spiro atoms. The van der Waals surface area contributed by atoms with Gasteiger partial charge in [-0.2, -0.15) is 0 Å². The number of pyridine rings is 1. The molecule has 3 atom stereocenters.